The molecule has 0 aliphatic carbocycles. The van der Waals surface area contributed by atoms with Gasteiger partial charge in [-0.25, -0.2) is 4.79 Å². The number of rotatable bonds is 2. The first kappa shape index (κ1) is 8.56. The monoisotopic (exact) mass is 181 g/mol. The predicted molar refractivity (Wildman–Crippen MR) is 50.6 cm³/mol. The van der Waals surface area contributed by atoms with Gasteiger partial charge in [-0.2, -0.15) is 0 Å². The molecule has 0 aromatic carbocycles. The molecule has 4 heteroatoms. The molecule has 72 valence electrons. The maximum atomic E-state index is 11.2. The maximum absolute atomic E-state index is 11.2. The number of piperidine rings is 1. The molecule has 0 saturated carbocycles. The lowest BCUT2D eigenvalue weighted by Crippen LogP contribution is -2.34. The Morgan fingerprint density at radius 2 is 2.54 bits per heavy atom. The third-order valence-electron chi connectivity index (χ3n) is 2.58. The lowest BCUT2D eigenvalue weighted by molar-refractivity contribution is 0.334. The van der Waals surface area contributed by atoms with E-state index in [9.17, 15) is 4.79 Å². The van der Waals surface area contributed by atoms with Crippen molar-refractivity contribution in [2.75, 3.05) is 13.1 Å². The second-order valence-electron chi connectivity index (χ2n) is 3.63. The number of hydrogen-bond acceptors (Lipinski definition) is 2. The van der Waals surface area contributed by atoms with E-state index in [0.717, 1.165) is 19.6 Å². The predicted octanol–water partition coefficient (Wildman–Crippen LogP) is 0.176. The van der Waals surface area contributed by atoms with Crippen molar-refractivity contribution in [2.45, 2.75) is 19.4 Å². The summed E-state index contributed by atoms with van der Waals surface area (Å²) in [7, 11) is 0. The van der Waals surface area contributed by atoms with Crippen molar-refractivity contribution >= 4 is 0 Å². The first-order valence-electron chi connectivity index (χ1n) is 4.81. The number of aromatic amines is 1. The molecule has 1 aliphatic heterocycles. The summed E-state index contributed by atoms with van der Waals surface area (Å²) in [5.74, 6) is 0.613. The second kappa shape index (κ2) is 3.79. The van der Waals surface area contributed by atoms with Crippen LogP contribution in [0.25, 0.3) is 0 Å². The Hall–Kier alpha value is -1.03. The van der Waals surface area contributed by atoms with Crippen LogP contribution >= 0.6 is 0 Å². The molecule has 1 atom stereocenters. The summed E-state index contributed by atoms with van der Waals surface area (Å²) in [6.45, 7) is 3.01. The van der Waals surface area contributed by atoms with Crippen molar-refractivity contribution in [2.24, 2.45) is 5.92 Å². The van der Waals surface area contributed by atoms with Gasteiger partial charge in [-0.05, 0) is 31.8 Å². The van der Waals surface area contributed by atoms with Crippen LogP contribution in [0, 0.1) is 5.92 Å². The zero-order valence-corrected chi connectivity index (χ0v) is 7.62. The van der Waals surface area contributed by atoms with Crippen LogP contribution in [0.5, 0.6) is 0 Å². The molecule has 0 spiro atoms. The number of imidazole rings is 1. The molecule has 1 aromatic heterocycles. The Morgan fingerprint density at radius 3 is 3.15 bits per heavy atom. The van der Waals surface area contributed by atoms with Crippen molar-refractivity contribution in [3.63, 3.8) is 0 Å². The highest BCUT2D eigenvalue weighted by Crippen LogP contribution is 2.10. The Bertz CT molecular complexity index is 309. The normalized spacial score (nSPS) is 23.2. The summed E-state index contributed by atoms with van der Waals surface area (Å²) in [6, 6.07) is 0. The average Bonchev–Trinajstić information content (AvgIpc) is 2.54. The molecule has 2 heterocycles. The van der Waals surface area contributed by atoms with E-state index in [1.54, 1.807) is 10.8 Å². The molecule has 2 rings (SSSR count). The Labute approximate surface area is 77.0 Å². The fraction of sp³-hybridized carbons (Fsp3) is 0.667. The molecular weight excluding hydrogens is 166 g/mol. The third-order valence-corrected chi connectivity index (χ3v) is 2.58. The van der Waals surface area contributed by atoms with Crippen molar-refractivity contribution in [1.82, 2.24) is 14.9 Å². The molecule has 2 N–H and O–H groups in total. The van der Waals surface area contributed by atoms with Gasteiger partial charge in [-0.1, -0.05) is 0 Å². The molecule has 1 unspecified atom stereocenters. The molecule has 1 fully saturated rings. The van der Waals surface area contributed by atoms with E-state index in [1.807, 2.05) is 6.20 Å². The van der Waals surface area contributed by atoms with E-state index in [2.05, 4.69) is 10.3 Å². The maximum Gasteiger partial charge on any atom is 0.325 e. The number of nitrogens with one attached hydrogen (secondary N) is 2. The SMILES string of the molecule is O=c1[nH]ccn1CC1CCCNC1. The van der Waals surface area contributed by atoms with Crippen LogP contribution in [0.15, 0.2) is 17.2 Å². The molecule has 4 nitrogen and oxygen atoms in total. The summed E-state index contributed by atoms with van der Waals surface area (Å²) in [6.07, 6.45) is 5.96. The van der Waals surface area contributed by atoms with Crippen LogP contribution < -0.4 is 11.0 Å². The summed E-state index contributed by atoms with van der Waals surface area (Å²) < 4.78 is 1.75. The number of hydrogen-bond donors (Lipinski definition) is 2. The minimum atomic E-state index is 0.00516. The van der Waals surface area contributed by atoms with Gasteiger partial charge in [0.2, 0.25) is 0 Å². The lowest BCUT2D eigenvalue weighted by Gasteiger charge is -2.22. The molecule has 0 radical (unpaired) electrons. The first-order valence-corrected chi connectivity index (χ1v) is 4.81. The second-order valence-corrected chi connectivity index (χ2v) is 3.63. The lowest BCUT2D eigenvalue weighted by atomic mass is 10.00. The first-order chi connectivity index (χ1) is 6.36. The largest absolute Gasteiger partial charge is 0.325 e. The highest BCUT2D eigenvalue weighted by Gasteiger charge is 2.13. The zero-order valence-electron chi connectivity index (χ0n) is 7.62. The van der Waals surface area contributed by atoms with Crippen LogP contribution in [0.4, 0.5) is 0 Å². The third kappa shape index (κ3) is 2.01. The Balaban J connectivity index is 1.97. The molecule has 1 aromatic rings. The van der Waals surface area contributed by atoms with Crippen molar-refractivity contribution in [3.05, 3.63) is 22.9 Å². The Kier molecular flexibility index (Phi) is 2.49. The van der Waals surface area contributed by atoms with Gasteiger partial charge in [0.1, 0.15) is 0 Å². The summed E-state index contributed by atoms with van der Waals surface area (Å²) in [4.78, 5) is 13.8. The fourth-order valence-corrected chi connectivity index (χ4v) is 1.85. The average molecular weight is 181 g/mol. The molecule has 0 bridgehead atoms. The van der Waals surface area contributed by atoms with Crippen LogP contribution in [-0.2, 0) is 6.54 Å². The molecule has 13 heavy (non-hydrogen) atoms. The van der Waals surface area contributed by atoms with E-state index >= 15 is 0 Å². The summed E-state index contributed by atoms with van der Waals surface area (Å²) in [5.41, 5.74) is 0.00516. The van der Waals surface area contributed by atoms with Gasteiger partial charge in [0.15, 0.2) is 0 Å². The van der Waals surface area contributed by atoms with Crippen LogP contribution in [-0.4, -0.2) is 22.6 Å². The van der Waals surface area contributed by atoms with Crippen molar-refractivity contribution < 1.29 is 0 Å². The highest BCUT2D eigenvalue weighted by atomic mass is 16.1. The van der Waals surface area contributed by atoms with Gasteiger partial charge in [0.25, 0.3) is 0 Å². The smallest absolute Gasteiger partial charge is 0.316 e. The van der Waals surface area contributed by atoms with Crippen LogP contribution in [0.2, 0.25) is 0 Å². The van der Waals surface area contributed by atoms with E-state index < -0.39 is 0 Å². The molecule has 1 aliphatic rings. The Morgan fingerprint density at radius 1 is 1.62 bits per heavy atom. The topological polar surface area (TPSA) is 49.8 Å². The molecule has 1 saturated heterocycles. The quantitative estimate of drug-likeness (QED) is 0.683. The van der Waals surface area contributed by atoms with Gasteiger partial charge in [-0.15, -0.1) is 0 Å². The van der Waals surface area contributed by atoms with Crippen molar-refractivity contribution in [3.8, 4) is 0 Å². The van der Waals surface area contributed by atoms with Crippen molar-refractivity contribution in [1.29, 1.82) is 0 Å². The van der Waals surface area contributed by atoms with Gasteiger partial charge < -0.3 is 10.3 Å². The number of nitrogens with zero attached hydrogens (tertiary/aromatic N) is 1. The summed E-state index contributed by atoms with van der Waals surface area (Å²) >= 11 is 0. The van der Waals surface area contributed by atoms with E-state index in [-0.39, 0.29) is 5.69 Å². The van der Waals surface area contributed by atoms with Gasteiger partial charge in [-0.3, -0.25) is 4.57 Å². The minimum Gasteiger partial charge on any atom is -0.316 e. The van der Waals surface area contributed by atoms with Gasteiger partial charge in [0.05, 0.1) is 0 Å². The van der Waals surface area contributed by atoms with E-state index in [0.29, 0.717) is 5.92 Å². The zero-order chi connectivity index (χ0) is 9.10. The molecular formula is C9H15N3O. The van der Waals surface area contributed by atoms with E-state index in [4.69, 9.17) is 0 Å². The van der Waals surface area contributed by atoms with Gasteiger partial charge in [0, 0.05) is 18.9 Å². The minimum absolute atomic E-state index is 0.00516. The fourth-order valence-electron chi connectivity index (χ4n) is 1.85. The standard InChI is InChI=1S/C9H15N3O/c13-9-11-4-5-12(9)7-8-2-1-3-10-6-8/h4-5,8,10H,1-3,6-7H2,(H,11,13). The highest BCUT2D eigenvalue weighted by molar-refractivity contribution is 4.78. The van der Waals surface area contributed by atoms with Crippen LogP contribution in [0.1, 0.15) is 12.8 Å². The number of aromatic nitrogens is 2. The summed E-state index contributed by atoms with van der Waals surface area (Å²) in [5, 5.41) is 3.34. The number of H-pyrrole nitrogens is 1. The molecule has 0 amide bonds. The van der Waals surface area contributed by atoms with Gasteiger partial charge >= 0.3 is 5.69 Å². The van der Waals surface area contributed by atoms with E-state index in [1.165, 1.54) is 12.8 Å². The van der Waals surface area contributed by atoms with Crippen LogP contribution in [0.3, 0.4) is 0 Å².